The van der Waals surface area contributed by atoms with Crippen LogP contribution >= 0.6 is 0 Å². The van der Waals surface area contributed by atoms with Gasteiger partial charge in [-0.1, -0.05) is 91.3 Å². The molecule has 1 atom stereocenters. The molecule has 0 heteroatoms. The highest BCUT2D eigenvalue weighted by Gasteiger charge is 2.27. The SMILES string of the molecule is CCC(C)C1(C)C=CC(C)(C)C=CC(C)(C)C=C1. The summed E-state index contributed by atoms with van der Waals surface area (Å²) < 4.78 is 0. The molecular formula is C18H30. The molecule has 0 N–H and O–H groups in total. The van der Waals surface area contributed by atoms with E-state index in [1.165, 1.54) is 6.42 Å². The van der Waals surface area contributed by atoms with E-state index in [0.717, 1.165) is 0 Å². The molecule has 0 fully saturated rings. The van der Waals surface area contributed by atoms with Crippen molar-refractivity contribution in [3.8, 4) is 0 Å². The van der Waals surface area contributed by atoms with Crippen LogP contribution in [0.1, 0.15) is 54.9 Å². The van der Waals surface area contributed by atoms with E-state index in [0.29, 0.717) is 5.92 Å². The quantitative estimate of drug-likeness (QED) is 0.542. The largest absolute Gasteiger partial charge is 0.0783 e. The zero-order valence-corrected chi connectivity index (χ0v) is 13.2. The Labute approximate surface area is 114 Å². The molecule has 0 spiro atoms. The molecule has 102 valence electrons. The fraction of sp³-hybridized carbons (Fsp3) is 0.667. The number of hydrogen-bond donors (Lipinski definition) is 0. The van der Waals surface area contributed by atoms with Gasteiger partial charge in [-0.25, -0.2) is 0 Å². The van der Waals surface area contributed by atoms with Crippen molar-refractivity contribution in [2.75, 3.05) is 0 Å². The maximum absolute atomic E-state index is 2.41. The molecule has 1 aliphatic rings. The Morgan fingerprint density at radius 3 is 1.39 bits per heavy atom. The average Bonchev–Trinajstić information content (AvgIpc) is 2.34. The van der Waals surface area contributed by atoms with Crippen LogP contribution in [0.4, 0.5) is 0 Å². The Bertz CT molecular complexity index is 335. The first-order valence-corrected chi connectivity index (χ1v) is 7.21. The zero-order chi connectivity index (χ0) is 14.0. The third-order valence-corrected chi connectivity index (χ3v) is 4.36. The van der Waals surface area contributed by atoms with Gasteiger partial charge in [-0.3, -0.25) is 0 Å². The smallest absolute Gasteiger partial charge is 0.00587 e. The number of allylic oxidation sites excluding steroid dienone is 6. The van der Waals surface area contributed by atoms with Gasteiger partial charge in [0.2, 0.25) is 0 Å². The molecule has 0 aromatic rings. The standard InChI is InChI=1S/C18H30/c1-8-15(2)18(7)13-11-16(3,4)9-10-17(5,6)12-14-18/h9-15H,8H2,1-7H3. The minimum Gasteiger partial charge on any atom is -0.0783 e. The van der Waals surface area contributed by atoms with E-state index in [1.54, 1.807) is 0 Å². The van der Waals surface area contributed by atoms with Crippen LogP contribution in [0.2, 0.25) is 0 Å². The highest BCUT2D eigenvalue weighted by atomic mass is 14.3. The van der Waals surface area contributed by atoms with Crippen molar-refractivity contribution in [2.24, 2.45) is 22.2 Å². The summed E-state index contributed by atoms with van der Waals surface area (Å²) >= 11 is 0. The summed E-state index contributed by atoms with van der Waals surface area (Å²) in [6.07, 6.45) is 15.4. The Balaban J connectivity index is 3.23. The first-order valence-electron chi connectivity index (χ1n) is 7.21. The summed E-state index contributed by atoms with van der Waals surface area (Å²) in [6, 6.07) is 0. The molecule has 18 heavy (non-hydrogen) atoms. The predicted octanol–water partition coefficient (Wildman–Crippen LogP) is 5.77. The first kappa shape index (κ1) is 15.3. The van der Waals surface area contributed by atoms with Gasteiger partial charge in [0.15, 0.2) is 0 Å². The molecule has 0 bridgehead atoms. The Hall–Kier alpha value is -0.780. The zero-order valence-electron chi connectivity index (χ0n) is 13.2. The van der Waals surface area contributed by atoms with Gasteiger partial charge in [-0.05, 0) is 5.92 Å². The lowest BCUT2D eigenvalue weighted by atomic mass is 9.74. The molecule has 0 heterocycles. The maximum Gasteiger partial charge on any atom is 0.00587 e. The average molecular weight is 246 g/mol. The second-order valence-electron chi connectivity index (χ2n) is 7.32. The Kier molecular flexibility index (Phi) is 4.30. The summed E-state index contributed by atoms with van der Waals surface area (Å²) in [4.78, 5) is 0. The van der Waals surface area contributed by atoms with E-state index < -0.39 is 0 Å². The van der Waals surface area contributed by atoms with Crippen molar-refractivity contribution >= 4 is 0 Å². The fourth-order valence-electron chi connectivity index (χ4n) is 2.15. The normalized spacial score (nSPS) is 31.5. The van der Waals surface area contributed by atoms with Crippen LogP contribution in [-0.2, 0) is 0 Å². The third kappa shape index (κ3) is 3.86. The van der Waals surface area contributed by atoms with Gasteiger partial charge in [-0.15, -0.1) is 0 Å². The Morgan fingerprint density at radius 2 is 1.06 bits per heavy atom. The summed E-state index contributed by atoms with van der Waals surface area (Å²) in [5.74, 6) is 0.662. The monoisotopic (exact) mass is 246 g/mol. The molecule has 0 saturated heterocycles. The molecule has 0 aliphatic heterocycles. The third-order valence-electron chi connectivity index (χ3n) is 4.36. The van der Waals surface area contributed by atoms with Gasteiger partial charge in [0.1, 0.15) is 0 Å². The second-order valence-corrected chi connectivity index (χ2v) is 7.32. The molecule has 1 aliphatic carbocycles. The van der Waals surface area contributed by atoms with Crippen LogP contribution in [-0.4, -0.2) is 0 Å². The van der Waals surface area contributed by atoms with Gasteiger partial charge in [0.25, 0.3) is 0 Å². The number of hydrogen-bond acceptors (Lipinski definition) is 0. The van der Waals surface area contributed by atoms with Crippen LogP contribution in [0, 0.1) is 22.2 Å². The van der Waals surface area contributed by atoms with Crippen LogP contribution in [0.3, 0.4) is 0 Å². The number of rotatable bonds is 2. The molecular weight excluding hydrogens is 216 g/mol. The molecule has 0 amide bonds. The van der Waals surface area contributed by atoms with E-state index in [-0.39, 0.29) is 16.2 Å². The summed E-state index contributed by atoms with van der Waals surface area (Å²) in [5, 5.41) is 0. The summed E-state index contributed by atoms with van der Waals surface area (Å²) in [6.45, 7) is 16.1. The molecule has 1 unspecified atom stereocenters. The van der Waals surface area contributed by atoms with Crippen molar-refractivity contribution in [3.05, 3.63) is 36.5 Å². The molecule has 0 aromatic carbocycles. The predicted molar refractivity (Wildman–Crippen MR) is 82.5 cm³/mol. The summed E-state index contributed by atoms with van der Waals surface area (Å²) in [5.41, 5.74) is 0.436. The second kappa shape index (κ2) is 5.07. The van der Waals surface area contributed by atoms with Gasteiger partial charge in [0, 0.05) is 16.2 Å². The lowest BCUT2D eigenvalue weighted by Crippen LogP contribution is -2.21. The van der Waals surface area contributed by atoms with Gasteiger partial charge in [-0.2, -0.15) is 0 Å². The van der Waals surface area contributed by atoms with E-state index in [2.05, 4.69) is 84.9 Å². The van der Waals surface area contributed by atoms with Crippen molar-refractivity contribution in [1.29, 1.82) is 0 Å². The van der Waals surface area contributed by atoms with Crippen molar-refractivity contribution in [1.82, 2.24) is 0 Å². The van der Waals surface area contributed by atoms with E-state index in [4.69, 9.17) is 0 Å². The molecule has 0 aromatic heterocycles. The van der Waals surface area contributed by atoms with Crippen LogP contribution in [0.5, 0.6) is 0 Å². The van der Waals surface area contributed by atoms with Crippen LogP contribution in [0.15, 0.2) is 36.5 Å². The molecule has 0 nitrogen and oxygen atoms in total. The first-order chi connectivity index (χ1) is 8.10. The van der Waals surface area contributed by atoms with E-state index in [1.807, 2.05) is 0 Å². The van der Waals surface area contributed by atoms with Crippen LogP contribution in [0.25, 0.3) is 0 Å². The van der Waals surface area contributed by atoms with Crippen molar-refractivity contribution < 1.29 is 0 Å². The highest BCUT2D eigenvalue weighted by molar-refractivity contribution is 5.23. The van der Waals surface area contributed by atoms with Crippen molar-refractivity contribution in [3.63, 3.8) is 0 Å². The maximum atomic E-state index is 2.41. The van der Waals surface area contributed by atoms with Crippen molar-refractivity contribution in [2.45, 2.75) is 54.9 Å². The fourth-order valence-corrected chi connectivity index (χ4v) is 2.15. The van der Waals surface area contributed by atoms with E-state index in [9.17, 15) is 0 Å². The Morgan fingerprint density at radius 1 is 0.722 bits per heavy atom. The minimum absolute atomic E-state index is 0.137. The highest BCUT2D eigenvalue weighted by Crippen LogP contribution is 2.38. The molecule has 0 saturated carbocycles. The van der Waals surface area contributed by atoms with Gasteiger partial charge < -0.3 is 0 Å². The lowest BCUT2D eigenvalue weighted by Gasteiger charge is -2.30. The molecule has 0 radical (unpaired) electrons. The van der Waals surface area contributed by atoms with Gasteiger partial charge in [0.05, 0.1) is 0 Å². The molecule has 1 rings (SSSR count). The topological polar surface area (TPSA) is 0 Å². The van der Waals surface area contributed by atoms with E-state index >= 15 is 0 Å². The minimum atomic E-state index is 0.137. The van der Waals surface area contributed by atoms with Gasteiger partial charge >= 0.3 is 0 Å². The summed E-state index contributed by atoms with van der Waals surface area (Å²) in [7, 11) is 0. The van der Waals surface area contributed by atoms with Crippen LogP contribution < -0.4 is 0 Å². The lowest BCUT2D eigenvalue weighted by molar-refractivity contribution is 0.338.